The highest BCUT2D eigenvalue weighted by atomic mass is 15.2. The van der Waals surface area contributed by atoms with E-state index < -0.39 is 0 Å². The summed E-state index contributed by atoms with van der Waals surface area (Å²) in [5.74, 6) is 0. The Hall–Kier alpha value is -0.760. The van der Waals surface area contributed by atoms with Crippen LogP contribution in [0.15, 0.2) is 12.3 Å². The van der Waals surface area contributed by atoms with Crippen molar-refractivity contribution in [3.8, 4) is 0 Å². The average Bonchev–Trinajstić information content (AvgIpc) is 2.62. The van der Waals surface area contributed by atoms with Crippen molar-refractivity contribution < 1.29 is 0 Å². The maximum Gasteiger partial charge on any atom is 0.0368 e. The molecular weight excluding hydrogens is 184 g/mol. The van der Waals surface area contributed by atoms with E-state index in [-0.39, 0.29) is 0 Å². The number of H-pyrrole nitrogens is 1. The van der Waals surface area contributed by atoms with Gasteiger partial charge in [-0.2, -0.15) is 0 Å². The van der Waals surface area contributed by atoms with Crippen LogP contribution in [0.2, 0.25) is 0 Å². The molecule has 2 atom stereocenters. The van der Waals surface area contributed by atoms with Gasteiger partial charge in [0.2, 0.25) is 0 Å². The molecule has 2 heteroatoms. The van der Waals surface area contributed by atoms with E-state index in [2.05, 4.69) is 49.8 Å². The summed E-state index contributed by atoms with van der Waals surface area (Å²) in [6.07, 6.45) is 4.45. The molecule has 2 nitrogen and oxygen atoms in total. The first-order valence-electron chi connectivity index (χ1n) is 6.08. The van der Waals surface area contributed by atoms with Gasteiger partial charge in [0.05, 0.1) is 0 Å². The third kappa shape index (κ3) is 1.71. The predicted molar refractivity (Wildman–Crippen MR) is 64.0 cm³/mol. The van der Waals surface area contributed by atoms with Gasteiger partial charge >= 0.3 is 0 Å². The SMILES string of the molecule is CCC1c2cc[nH]c2CC(C)N1C(C)C. The van der Waals surface area contributed by atoms with Crippen molar-refractivity contribution in [3.05, 3.63) is 23.5 Å². The Labute approximate surface area is 92.7 Å². The number of fused-ring (bicyclic) bond motifs is 1. The van der Waals surface area contributed by atoms with Crippen LogP contribution in [0.5, 0.6) is 0 Å². The number of rotatable bonds is 2. The third-order valence-corrected chi connectivity index (χ3v) is 3.58. The molecule has 15 heavy (non-hydrogen) atoms. The van der Waals surface area contributed by atoms with E-state index in [1.165, 1.54) is 17.7 Å². The molecule has 0 fully saturated rings. The lowest BCUT2D eigenvalue weighted by Crippen LogP contribution is -2.45. The summed E-state index contributed by atoms with van der Waals surface area (Å²) >= 11 is 0. The zero-order valence-electron chi connectivity index (χ0n) is 10.2. The van der Waals surface area contributed by atoms with E-state index in [0.29, 0.717) is 18.1 Å². The van der Waals surface area contributed by atoms with Gasteiger partial charge in [-0.1, -0.05) is 6.92 Å². The molecule has 1 aliphatic rings. The first-order valence-corrected chi connectivity index (χ1v) is 6.08. The maximum absolute atomic E-state index is 3.39. The van der Waals surface area contributed by atoms with Gasteiger partial charge in [-0.05, 0) is 38.8 Å². The molecule has 2 unspecified atom stereocenters. The number of aromatic nitrogens is 1. The molecule has 0 aliphatic carbocycles. The topological polar surface area (TPSA) is 19.0 Å². The first kappa shape index (κ1) is 10.7. The monoisotopic (exact) mass is 206 g/mol. The van der Waals surface area contributed by atoms with Gasteiger partial charge in [-0.25, -0.2) is 0 Å². The van der Waals surface area contributed by atoms with Crippen molar-refractivity contribution in [2.45, 2.75) is 58.7 Å². The van der Waals surface area contributed by atoms with E-state index in [4.69, 9.17) is 0 Å². The van der Waals surface area contributed by atoms with Crippen LogP contribution >= 0.6 is 0 Å². The zero-order valence-corrected chi connectivity index (χ0v) is 10.2. The molecule has 0 bridgehead atoms. The summed E-state index contributed by atoms with van der Waals surface area (Å²) in [5, 5.41) is 0. The second kappa shape index (κ2) is 4.01. The molecule has 0 aromatic carbocycles. The molecule has 0 saturated carbocycles. The molecular formula is C13H22N2. The Morgan fingerprint density at radius 3 is 2.87 bits per heavy atom. The largest absolute Gasteiger partial charge is 0.365 e. The Kier molecular flexibility index (Phi) is 2.87. The Bertz CT molecular complexity index is 327. The number of hydrogen-bond donors (Lipinski definition) is 1. The molecule has 1 aliphatic heterocycles. The quantitative estimate of drug-likeness (QED) is 0.787. The standard InChI is InChI=1S/C13H22N2/c1-5-13-11-6-7-14-12(11)8-10(4)15(13)9(2)3/h6-7,9-10,13-14H,5,8H2,1-4H3. The lowest BCUT2D eigenvalue weighted by Gasteiger charge is -2.43. The summed E-state index contributed by atoms with van der Waals surface area (Å²) in [7, 11) is 0. The Morgan fingerprint density at radius 1 is 1.53 bits per heavy atom. The molecule has 0 radical (unpaired) electrons. The number of hydrogen-bond acceptors (Lipinski definition) is 1. The molecule has 2 heterocycles. The zero-order chi connectivity index (χ0) is 11.0. The van der Waals surface area contributed by atoms with E-state index in [0.717, 1.165) is 6.42 Å². The van der Waals surface area contributed by atoms with Crippen LogP contribution < -0.4 is 0 Å². The van der Waals surface area contributed by atoms with Crippen LogP contribution in [0, 0.1) is 0 Å². The molecule has 2 rings (SSSR count). The Balaban J connectivity index is 2.36. The summed E-state index contributed by atoms with van der Waals surface area (Å²) in [4.78, 5) is 6.03. The fourth-order valence-electron chi connectivity index (χ4n) is 3.07. The summed E-state index contributed by atoms with van der Waals surface area (Å²) in [5.41, 5.74) is 2.97. The second-order valence-corrected chi connectivity index (χ2v) is 4.93. The third-order valence-electron chi connectivity index (χ3n) is 3.58. The molecule has 84 valence electrons. The van der Waals surface area contributed by atoms with Crippen molar-refractivity contribution >= 4 is 0 Å². The van der Waals surface area contributed by atoms with Crippen LogP contribution in [0.3, 0.4) is 0 Å². The van der Waals surface area contributed by atoms with E-state index in [1.807, 2.05) is 0 Å². The van der Waals surface area contributed by atoms with Crippen LogP contribution in [0.1, 0.15) is 51.4 Å². The Morgan fingerprint density at radius 2 is 2.27 bits per heavy atom. The highest BCUT2D eigenvalue weighted by molar-refractivity contribution is 5.28. The molecule has 1 aromatic heterocycles. The first-order chi connectivity index (χ1) is 7.15. The molecule has 1 N–H and O–H groups in total. The normalized spacial score (nSPS) is 27.0. The van der Waals surface area contributed by atoms with Crippen LogP contribution in [-0.2, 0) is 6.42 Å². The van der Waals surface area contributed by atoms with Crippen molar-refractivity contribution in [1.29, 1.82) is 0 Å². The van der Waals surface area contributed by atoms with Gasteiger partial charge in [0.1, 0.15) is 0 Å². The number of nitrogens with one attached hydrogen (secondary N) is 1. The van der Waals surface area contributed by atoms with Crippen molar-refractivity contribution in [3.63, 3.8) is 0 Å². The molecule has 0 amide bonds. The van der Waals surface area contributed by atoms with E-state index in [9.17, 15) is 0 Å². The second-order valence-electron chi connectivity index (χ2n) is 4.93. The van der Waals surface area contributed by atoms with Crippen molar-refractivity contribution in [2.75, 3.05) is 0 Å². The van der Waals surface area contributed by atoms with Gasteiger partial charge in [-0.15, -0.1) is 0 Å². The number of aromatic amines is 1. The van der Waals surface area contributed by atoms with E-state index in [1.54, 1.807) is 0 Å². The van der Waals surface area contributed by atoms with Gasteiger partial charge in [0.15, 0.2) is 0 Å². The fourth-order valence-corrected chi connectivity index (χ4v) is 3.07. The molecule has 0 spiro atoms. The average molecular weight is 206 g/mol. The van der Waals surface area contributed by atoms with Crippen molar-refractivity contribution in [2.24, 2.45) is 0 Å². The summed E-state index contributed by atoms with van der Waals surface area (Å²) in [6, 6.07) is 4.15. The van der Waals surface area contributed by atoms with Crippen LogP contribution in [0.25, 0.3) is 0 Å². The predicted octanol–water partition coefficient (Wildman–Crippen LogP) is 3.12. The minimum Gasteiger partial charge on any atom is -0.365 e. The highest BCUT2D eigenvalue weighted by Gasteiger charge is 2.32. The van der Waals surface area contributed by atoms with Crippen molar-refractivity contribution in [1.82, 2.24) is 9.88 Å². The lowest BCUT2D eigenvalue weighted by molar-refractivity contribution is 0.0863. The summed E-state index contributed by atoms with van der Waals surface area (Å²) < 4.78 is 0. The lowest BCUT2D eigenvalue weighted by atomic mass is 9.91. The van der Waals surface area contributed by atoms with Crippen LogP contribution in [-0.4, -0.2) is 22.0 Å². The van der Waals surface area contributed by atoms with Gasteiger partial charge in [0.25, 0.3) is 0 Å². The molecule has 1 aromatic rings. The summed E-state index contributed by atoms with van der Waals surface area (Å²) in [6.45, 7) is 9.23. The minimum atomic E-state index is 0.606. The van der Waals surface area contributed by atoms with Gasteiger partial charge < -0.3 is 4.98 Å². The smallest absolute Gasteiger partial charge is 0.0368 e. The maximum atomic E-state index is 3.39. The minimum absolute atomic E-state index is 0.606. The number of nitrogens with zero attached hydrogens (tertiary/aromatic N) is 1. The van der Waals surface area contributed by atoms with E-state index >= 15 is 0 Å². The van der Waals surface area contributed by atoms with Crippen LogP contribution in [0.4, 0.5) is 0 Å². The van der Waals surface area contributed by atoms with Gasteiger partial charge in [0, 0.05) is 36.4 Å². The fraction of sp³-hybridized carbons (Fsp3) is 0.692. The highest BCUT2D eigenvalue weighted by Crippen LogP contribution is 2.35. The van der Waals surface area contributed by atoms with Gasteiger partial charge in [-0.3, -0.25) is 4.90 Å². The molecule has 0 saturated heterocycles.